The van der Waals surface area contributed by atoms with Crippen molar-refractivity contribution in [2.45, 2.75) is 39.3 Å². The summed E-state index contributed by atoms with van der Waals surface area (Å²) in [5.41, 5.74) is 0.676. The molecule has 1 rings (SSSR count). The molecule has 0 aromatic carbocycles. The molecule has 0 aliphatic carbocycles. The average Bonchev–Trinajstić information content (AvgIpc) is 2.74. The second-order valence-corrected chi connectivity index (χ2v) is 3.69. The minimum absolute atomic E-state index is 0.0942. The van der Waals surface area contributed by atoms with E-state index in [9.17, 15) is 4.79 Å². The minimum Gasteiger partial charge on any atom is -0.344 e. The molecule has 0 fully saturated rings. The summed E-state index contributed by atoms with van der Waals surface area (Å²) in [6.45, 7) is 4.89. The number of hydrogen-bond donors (Lipinski definition) is 1. The van der Waals surface area contributed by atoms with Crippen LogP contribution >= 0.6 is 0 Å². The molecule has 1 N–H and O–H groups in total. The monoisotopic (exact) mass is 218 g/mol. The number of nitrogens with zero attached hydrogens (tertiary/aromatic N) is 1. The van der Waals surface area contributed by atoms with Gasteiger partial charge in [-0.05, 0) is 25.0 Å². The van der Waals surface area contributed by atoms with E-state index in [1.807, 2.05) is 29.8 Å². The fourth-order valence-electron chi connectivity index (χ4n) is 1.55. The zero-order chi connectivity index (χ0) is 12.0. The van der Waals surface area contributed by atoms with Gasteiger partial charge >= 0.3 is 0 Å². The SMILES string of the molecule is C#CC(CC)NC(=O)c1cccn1CCC. The summed E-state index contributed by atoms with van der Waals surface area (Å²) in [7, 11) is 0. The zero-order valence-corrected chi connectivity index (χ0v) is 9.86. The molecule has 0 radical (unpaired) electrons. The van der Waals surface area contributed by atoms with Crippen molar-refractivity contribution >= 4 is 5.91 Å². The van der Waals surface area contributed by atoms with Crippen LogP contribution in [0.2, 0.25) is 0 Å². The Morgan fingerprint density at radius 3 is 2.94 bits per heavy atom. The first-order valence-electron chi connectivity index (χ1n) is 5.65. The smallest absolute Gasteiger partial charge is 0.268 e. The van der Waals surface area contributed by atoms with E-state index in [1.165, 1.54) is 0 Å². The molecule has 16 heavy (non-hydrogen) atoms. The minimum atomic E-state index is -0.183. The molecule has 0 saturated carbocycles. The van der Waals surface area contributed by atoms with Gasteiger partial charge in [0.05, 0.1) is 6.04 Å². The Balaban J connectivity index is 2.73. The van der Waals surface area contributed by atoms with E-state index in [0.717, 1.165) is 19.4 Å². The molecule has 0 bridgehead atoms. The van der Waals surface area contributed by atoms with Crippen LogP contribution in [0, 0.1) is 12.3 Å². The standard InChI is InChI=1S/C13H18N2O/c1-4-9-15-10-7-8-12(15)13(16)14-11(5-2)6-3/h2,7-8,10-11H,4,6,9H2,1,3H3,(H,14,16). The predicted octanol–water partition coefficient (Wildman–Crippen LogP) is 2.04. The molecule has 0 aliphatic rings. The maximum atomic E-state index is 11.9. The fraction of sp³-hybridized carbons (Fsp3) is 0.462. The maximum Gasteiger partial charge on any atom is 0.268 e. The number of aryl methyl sites for hydroxylation is 1. The van der Waals surface area contributed by atoms with E-state index in [2.05, 4.69) is 18.2 Å². The second kappa shape index (κ2) is 6.02. The summed E-state index contributed by atoms with van der Waals surface area (Å²) >= 11 is 0. The molecule has 1 aromatic rings. The van der Waals surface area contributed by atoms with Gasteiger partial charge in [-0.1, -0.05) is 19.8 Å². The van der Waals surface area contributed by atoms with Crippen LogP contribution in [0.4, 0.5) is 0 Å². The van der Waals surface area contributed by atoms with E-state index >= 15 is 0 Å². The van der Waals surface area contributed by atoms with Gasteiger partial charge in [0.1, 0.15) is 5.69 Å². The number of carbonyl (C=O) groups is 1. The van der Waals surface area contributed by atoms with Crippen molar-refractivity contribution < 1.29 is 4.79 Å². The first-order chi connectivity index (χ1) is 7.72. The summed E-state index contributed by atoms with van der Waals surface area (Å²) in [6, 6.07) is 3.51. The lowest BCUT2D eigenvalue weighted by Crippen LogP contribution is -2.34. The van der Waals surface area contributed by atoms with Crippen LogP contribution in [0.3, 0.4) is 0 Å². The summed E-state index contributed by atoms with van der Waals surface area (Å²) < 4.78 is 1.94. The molecule has 0 saturated heterocycles. The highest BCUT2D eigenvalue weighted by Gasteiger charge is 2.12. The van der Waals surface area contributed by atoms with Crippen molar-refractivity contribution in [3.05, 3.63) is 24.0 Å². The molecule has 3 nitrogen and oxygen atoms in total. The molecule has 3 heteroatoms. The van der Waals surface area contributed by atoms with Crippen LogP contribution in [-0.2, 0) is 6.54 Å². The highest BCUT2D eigenvalue weighted by Crippen LogP contribution is 2.04. The number of carbonyl (C=O) groups excluding carboxylic acids is 1. The van der Waals surface area contributed by atoms with Crippen molar-refractivity contribution in [1.82, 2.24) is 9.88 Å². The van der Waals surface area contributed by atoms with Gasteiger partial charge in [0, 0.05) is 12.7 Å². The van der Waals surface area contributed by atoms with Gasteiger partial charge in [-0.2, -0.15) is 0 Å². The number of amides is 1. The van der Waals surface area contributed by atoms with E-state index in [1.54, 1.807) is 0 Å². The highest BCUT2D eigenvalue weighted by atomic mass is 16.2. The summed E-state index contributed by atoms with van der Waals surface area (Å²) in [4.78, 5) is 11.9. The first-order valence-corrected chi connectivity index (χ1v) is 5.65. The molecule has 1 aromatic heterocycles. The second-order valence-electron chi connectivity index (χ2n) is 3.69. The molecular weight excluding hydrogens is 200 g/mol. The Hall–Kier alpha value is -1.69. The Kier molecular flexibility index (Phi) is 4.65. The number of aromatic nitrogens is 1. The van der Waals surface area contributed by atoms with Crippen molar-refractivity contribution in [2.24, 2.45) is 0 Å². The molecule has 1 atom stereocenters. The lowest BCUT2D eigenvalue weighted by molar-refractivity contribution is 0.0935. The number of terminal acetylenes is 1. The fourth-order valence-corrected chi connectivity index (χ4v) is 1.55. The van der Waals surface area contributed by atoms with Crippen LogP contribution in [-0.4, -0.2) is 16.5 Å². The lowest BCUT2D eigenvalue weighted by atomic mass is 10.2. The van der Waals surface area contributed by atoms with Gasteiger partial charge < -0.3 is 9.88 Å². The zero-order valence-electron chi connectivity index (χ0n) is 9.86. The Labute approximate surface area is 96.8 Å². The van der Waals surface area contributed by atoms with E-state index in [0.29, 0.717) is 5.69 Å². The molecule has 1 amide bonds. The van der Waals surface area contributed by atoms with Crippen LogP contribution in [0.25, 0.3) is 0 Å². The van der Waals surface area contributed by atoms with Gasteiger partial charge in [-0.3, -0.25) is 4.79 Å². The summed E-state index contributed by atoms with van der Waals surface area (Å²) in [5, 5.41) is 2.82. The Morgan fingerprint density at radius 2 is 2.38 bits per heavy atom. The molecule has 1 unspecified atom stereocenters. The van der Waals surface area contributed by atoms with Crippen molar-refractivity contribution in [1.29, 1.82) is 0 Å². The van der Waals surface area contributed by atoms with Crippen LogP contribution in [0.5, 0.6) is 0 Å². The quantitative estimate of drug-likeness (QED) is 0.754. The van der Waals surface area contributed by atoms with Crippen LogP contribution in [0.15, 0.2) is 18.3 Å². The third-order valence-corrected chi connectivity index (χ3v) is 2.44. The van der Waals surface area contributed by atoms with Crippen LogP contribution < -0.4 is 5.32 Å². The highest BCUT2D eigenvalue weighted by molar-refractivity contribution is 5.93. The van der Waals surface area contributed by atoms with Crippen molar-refractivity contribution in [3.63, 3.8) is 0 Å². The molecule has 0 spiro atoms. The van der Waals surface area contributed by atoms with Crippen molar-refractivity contribution in [3.8, 4) is 12.3 Å². The summed E-state index contributed by atoms with van der Waals surface area (Å²) in [5.74, 6) is 2.46. The van der Waals surface area contributed by atoms with E-state index in [4.69, 9.17) is 6.42 Å². The first kappa shape index (κ1) is 12.4. The third-order valence-electron chi connectivity index (χ3n) is 2.44. The average molecular weight is 218 g/mol. The van der Waals surface area contributed by atoms with Crippen LogP contribution in [0.1, 0.15) is 37.2 Å². The van der Waals surface area contributed by atoms with Gasteiger partial charge in [0.2, 0.25) is 0 Å². The number of hydrogen-bond acceptors (Lipinski definition) is 1. The van der Waals surface area contributed by atoms with Crippen molar-refractivity contribution in [2.75, 3.05) is 0 Å². The van der Waals surface area contributed by atoms with Gasteiger partial charge in [0.25, 0.3) is 5.91 Å². The number of rotatable bonds is 5. The largest absolute Gasteiger partial charge is 0.344 e. The molecule has 0 aliphatic heterocycles. The third kappa shape index (κ3) is 2.90. The van der Waals surface area contributed by atoms with Gasteiger partial charge in [0.15, 0.2) is 0 Å². The van der Waals surface area contributed by atoms with Gasteiger partial charge in [-0.15, -0.1) is 6.42 Å². The molecule has 1 heterocycles. The maximum absolute atomic E-state index is 11.9. The molecule has 86 valence electrons. The molecular formula is C13H18N2O. The van der Waals surface area contributed by atoms with E-state index < -0.39 is 0 Å². The topological polar surface area (TPSA) is 34.0 Å². The van der Waals surface area contributed by atoms with Gasteiger partial charge in [-0.25, -0.2) is 0 Å². The normalized spacial score (nSPS) is 11.8. The number of nitrogens with one attached hydrogen (secondary N) is 1. The summed E-state index contributed by atoms with van der Waals surface area (Å²) in [6.07, 6.45) is 8.97. The predicted molar refractivity (Wildman–Crippen MR) is 65.1 cm³/mol. The Morgan fingerprint density at radius 1 is 1.62 bits per heavy atom. The van der Waals surface area contributed by atoms with E-state index in [-0.39, 0.29) is 11.9 Å². The Bertz CT molecular complexity index is 387. The lowest BCUT2D eigenvalue weighted by Gasteiger charge is -2.12.